The topological polar surface area (TPSA) is 63.8 Å². The first-order valence-corrected chi connectivity index (χ1v) is 3.20. The predicted molar refractivity (Wildman–Crippen MR) is 37.5 cm³/mol. The van der Waals surface area contributed by atoms with Crippen LogP contribution < -0.4 is 0 Å². The first-order chi connectivity index (χ1) is 5.27. The minimum Gasteiger partial charge on any atom is -0.425 e. The molecular weight excluding hydrogens is 168 g/mol. The zero-order valence-corrected chi connectivity index (χ0v) is 6.02. The molecule has 0 aliphatic rings. The number of aromatic nitrogens is 4. The highest BCUT2D eigenvalue weighted by Gasteiger charge is 2.02. The number of rotatable bonds is 0. The van der Waals surface area contributed by atoms with Crippen LogP contribution in [0.3, 0.4) is 0 Å². The van der Waals surface area contributed by atoms with Crippen LogP contribution in [-0.2, 0) is 0 Å². The smallest absolute Gasteiger partial charge is 0.224 e. The summed E-state index contributed by atoms with van der Waals surface area (Å²) in [6, 6.07) is 0. The maximum Gasteiger partial charge on any atom is 0.224 e. The van der Waals surface area contributed by atoms with Crippen LogP contribution in [-0.4, -0.2) is 24.9 Å². The van der Waals surface area contributed by atoms with Gasteiger partial charge in [0.25, 0.3) is 0 Å². The van der Waals surface area contributed by atoms with E-state index >= 15 is 0 Å². The number of halogens is 1. The van der Waals surface area contributed by atoms with Crippen LogP contribution >= 0.6 is 11.6 Å². The number of nitrogens with zero attached hydrogens (tertiary/aromatic N) is 4. The van der Waals surface area contributed by atoms with Gasteiger partial charge in [0, 0.05) is 0 Å². The Bertz CT molecular complexity index is 398. The lowest BCUT2D eigenvalue weighted by Crippen LogP contribution is -1.90. The van der Waals surface area contributed by atoms with Crippen molar-refractivity contribution in [1.29, 1.82) is 0 Å². The molecule has 0 atom stereocenters. The Hall–Kier alpha value is -1.36. The Morgan fingerprint density at radius 2 is 2.27 bits per heavy atom. The van der Waals surface area contributed by atoms with E-state index in [4.69, 9.17) is 16.8 Å². The van der Waals surface area contributed by atoms with Gasteiger partial charge in [-0.15, -0.1) is 0 Å². The van der Waals surface area contributed by atoms with E-state index in [0.717, 1.165) is 4.73 Å². The first kappa shape index (κ1) is 6.36. The Labute approximate surface area is 66.2 Å². The normalized spacial score (nSPS) is 10.6. The fourth-order valence-corrected chi connectivity index (χ4v) is 0.906. The second kappa shape index (κ2) is 2.06. The van der Waals surface area contributed by atoms with Crippen molar-refractivity contribution in [2.75, 3.05) is 0 Å². The average Bonchev–Trinajstić information content (AvgIpc) is 2.33. The van der Waals surface area contributed by atoms with E-state index in [0.29, 0.717) is 11.2 Å². The highest BCUT2D eigenvalue weighted by atomic mass is 35.5. The van der Waals surface area contributed by atoms with Gasteiger partial charge in [-0.3, -0.25) is 0 Å². The van der Waals surface area contributed by atoms with Gasteiger partial charge in [0.15, 0.2) is 5.65 Å². The van der Waals surface area contributed by atoms with Gasteiger partial charge in [0.1, 0.15) is 11.8 Å². The molecule has 0 aliphatic carbocycles. The van der Waals surface area contributed by atoms with E-state index in [1.165, 1.54) is 12.5 Å². The molecule has 0 saturated heterocycles. The highest BCUT2D eigenvalue weighted by molar-refractivity contribution is 6.28. The fourth-order valence-electron chi connectivity index (χ4n) is 0.777. The summed E-state index contributed by atoms with van der Waals surface area (Å²) >= 11 is 5.47. The maximum absolute atomic E-state index is 9.04. The molecule has 1 N–H and O–H groups in total. The summed E-state index contributed by atoms with van der Waals surface area (Å²) < 4.78 is 0.795. The Balaban J connectivity index is 2.87. The third-order valence-corrected chi connectivity index (χ3v) is 1.43. The molecular formula is C5H3ClN4O. The largest absolute Gasteiger partial charge is 0.425 e. The quantitative estimate of drug-likeness (QED) is 0.467. The van der Waals surface area contributed by atoms with Crippen LogP contribution in [0, 0.1) is 0 Å². The van der Waals surface area contributed by atoms with Crippen molar-refractivity contribution in [3.63, 3.8) is 0 Å². The lowest BCUT2D eigenvalue weighted by Gasteiger charge is -1.90. The second-order valence-electron chi connectivity index (χ2n) is 1.94. The minimum absolute atomic E-state index is 0.0910. The van der Waals surface area contributed by atoms with Gasteiger partial charge in [0.2, 0.25) is 5.28 Å². The molecule has 56 valence electrons. The summed E-state index contributed by atoms with van der Waals surface area (Å²) in [5, 5.41) is 9.13. The lowest BCUT2D eigenvalue weighted by molar-refractivity contribution is 0.196. The Morgan fingerprint density at radius 3 is 3.09 bits per heavy atom. The molecule has 0 amide bonds. The molecule has 0 aromatic carbocycles. The highest BCUT2D eigenvalue weighted by Crippen LogP contribution is 2.08. The maximum atomic E-state index is 9.04. The van der Waals surface area contributed by atoms with Gasteiger partial charge in [-0.2, -0.15) is 9.71 Å². The Kier molecular flexibility index (Phi) is 1.19. The lowest BCUT2D eigenvalue weighted by atomic mass is 10.6. The van der Waals surface area contributed by atoms with Crippen molar-refractivity contribution in [1.82, 2.24) is 19.7 Å². The predicted octanol–water partition coefficient (Wildman–Crippen LogP) is 0.717. The van der Waals surface area contributed by atoms with Crippen LogP contribution in [0.1, 0.15) is 0 Å². The molecule has 0 bridgehead atoms. The third kappa shape index (κ3) is 0.894. The van der Waals surface area contributed by atoms with Gasteiger partial charge in [-0.1, -0.05) is 0 Å². The van der Waals surface area contributed by atoms with E-state index in [1.54, 1.807) is 0 Å². The van der Waals surface area contributed by atoms with Gasteiger partial charge < -0.3 is 5.21 Å². The summed E-state index contributed by atoms with van der Waals surface area (Å²) in [5.41, 5.74) is 0.821. The van der Waals surface area contributed by atoms with Crippen molar-refractivity contribution in [2.24, 2.45) is 0 Å². The molecule has 11 heavy (non-hydrogen) atoms. The van der Waals surface area contributed by atoms with Crippen LogP contribution in [0.4, 0.5) is 0 Å². The molecule has 0 radical (unpaired) electrons. The van der Waals surface area contributed by atoms with Crippen LogP contribution in [0.25, 0.3) is 11.2 Å². The van der Waals surface area contributed by atoms with E-state index in [1.807, 2.05) is 0 Å². The van der Waals surface area contributed by atoms with Crippen molar-refractivity contribution in [2.45, 2.75) is 0 Å². The molecule has 0 fully saturated rings. The van der Waals surface area contributed by atoms with E-state index in [9.17, 15) is 0 Å². The molecule has 2 aromatic heterocycles. The van der Waals surface area contributed by atoms with Gasteiger partial charge in [-0.05, 0) is 11.6 Å². The molecule has 5 nitrogen and oxygen atoms in total. The van der Waals surface area contributed by atoms with Gasteiger partial charge in [0.05, 0.1) is 6.20 Å². The molecule has 2 rings (SSSR count). The van der Waals surface area contributed by atoms with E-state index in [2.05, 4.69) is 15.0 Å². The molecule has 2 heterocycles. The van der Waals surface area contributed by atoms with E-state index in [-0.39, 0.29) is 5.28 Å². The summed E-state index contributed by atoms with van der Waals surface area (Å²) in [6.07, 6.45) is 2.67. The van der Waals surface area contributed by atoms with Crippen LogP contribution in [0.15, 0.2) is 12.5 Å². The molecule has 0 spiro atoms. The summed E-state index contributed by atoms with van der Waals surface area (Å²) in [5.74, 6) is 0. The number of hydrogen-bond acceptors (Lipinski definition) is 4. The standard InChI is InChI=1S/C5H3ClN4O/c6-5-7-1-3-4(9-5)10(11)2-8-3/h1-2,11H. The SMILES string of the molecule is On1cnc2cnc(Cl)nc21. The average molecular weight is 171 g/mol. The molecule has 6 heteroatoms. The Morgan fingerprint density at radius 1 is 1.45 bits per heavy atom. The number of imidazole rings is 1. The second-order valence-corrected chi connectivity index (χ2v) is 2.28. The summed E-state index contributed by atoms with van der Waals surface area (Å²) in [6.45, 7) is 0. The zero-order valence-electron chi connectivity index (χ0n) is 5.27. The summed E-state index contributed by atoms with van der Waals surface area (Å²) in [7, 11) is 0. The molecule has 0 saturated carbocycles. The first-order valence-electron chi connectivity index (χ1n) is 2.82. The van der Waals surface area contributed by atoms with Crippen molar-refractivity contribution in [3.05, 3.63) is 17.8 Å². The molecule has 0 aliphatic heterocycles. The minimum atomic E-state index is 0.0910. The van der Waals surface area contributed by atoms with Crippen LogP contribution in [0.5, 0.6) is 0 Å². The molecule has 2 aromatic rings. The zero-order chi connectivity index (χ0) is 7.84. The monoisotopic (exact) mass is 170 g/mol. The summed E-state index contributed by atoms with van der Waals surface area (Å²) in [4.78, 5) is 11.2. The number of fused-ring (bicyclic) bond motifs is 1. The van der Waals surface area contributed by atoms with Crippen molar-refractivity contribution >= 4 is 22.8 Å². The fraction of sp³-hybridized carbons (Fsp3) is 0. The van der Waals surface area contributed by atoms with E-state index < -0.39 is 0 Å². The van der Waals surface area contributed by atoms with Gasteiger partial charge >= 0.3 is 0 Å². The van der Waals surface area contributed by atoms with Crippen molar-refractivity contribution < 1.29 is 5.21 Å². The van der Waals surface area contributed by atoms with Crippen LogP contribution in [0.2, 0.25) is 5.28 Å². The number of hydrogen-bond donors (Lipinski definition) is 1. The third-order valence-electron chi connectivity index (χ3n) is 1.24. The molecule has 0 unspecified atom stereocenters. The van der Waals surface area contributed by atoms with Crippen molar-refractivity contribution in [3.8, 4) is 0 Å². The van der Waals surface area contributed by atoms with Gasteiger partial charge in [-0.25, -0.2) is 9.97 Å².